The fraction of sp³-hybridized carbons (Fsp3) is 0.368. The summed E-state index contributed by atoms with van der Waals surface area (Å²) in [6.45, 7) is 2.96. The molecular formula is C19H22N6O. The third-order valence-electron chi connectivity index (χ3n) is 4.78. The van der Waals surface area contributed by atoms with Crippen LogP contribution in [-0.4, -0.2) is 42.5 Å². The molecule has 0 amide bonds. The molecule has 0 radical (unpaired) electrons. The summed E-state index contributed by atoms with van der Waals surface area (Å²) < 4.78 is 7.84. The maximum atomic E-state index is 5.76. The van der Waals surface area contributed by atoms with Crippen molar-refractivity contribution in [1.82, 2.24) is 29.4 Å². The van der Waals surface area contributed by atoms with Crippen molar-refractivity contribution in [1.29, 1.82) is 0 Å². The van der Waals surface area contributed by atoms with Crippen molar-refractivity contribution in [2.75, 3.05) is 13.1 Å². The Balaban J connectivity index is 1.37. The molecule has 1 saturated heterocycles. The smallest absolute Gasteiger partial charge is 0.238 e. The van der Waals surface area contributed by atoms with Gasteiger partial charge in [-0.1, -0.05) is 0 Å². The van der Waals surface area contributed by atoms with E-state index in [2.05, 4.69) is 29.4 Å². The van der Waals surface area contributed by atoms with Gasteiger partial charge in [0.25, 0.3) is 0 Å². The number of piperidine rings is 1. The van der Waals surface area contributed by atoms with Gasteiger partial charge in [-0.05, 0) is 38.1 Å². The lowest BCUT2D eigenvalue weighted by Crippen LogP contribution is -2.33. The van der Waals surface area contributed by atoms with E-state index in [1.807, 2.05) is 37.8 Å². The molecule has 1 fully saturated rings. The average molecular weight is 350 g/mol. The number of rotatable bonds is 5. The summed E-state index contributed by atoms with van der Waals surface area (Å²) in [5.41, 5.74) is 1.00. The van der Waals surface area contributed by atoms with Gasteiger partial charge in [0.15, 0.2) is 0 Å². The summed E-state index contributed by atoms with van der Waals surface area (Å²) in [5.74, 6) is 2.71. The number of hydrogen-bond acceptors (Lipinski definition) is 6. The first-order valence-corrected chi connectivity index (χ1v) is 8.86. The van der Waals surface area contributed by atoms with Crippen LogP contribution in [0.15, 0.2) is 49.3 Å². The molecule has 4 rings (SSSR count). The summed E-state index contributed by atoms with van der Waals surface area (Å²) in [6, 6.07) is 3.70. The zero-order valence-corrected chi connectivity index (χ0v) is 14.8. The fourth-order valence-corrected chi connectivity index (χ4v) is 3.27. The first-order valence-electron chi connectivity index (χ1n) is 8.86. The highest BCUT2D eigenvalue weighted by Gasteiger charge is 2.23. The van der Waals surface area contributed by atoms with Gasteiger partial charge in [0.2, 0.25) is 5.88 Å². The van der Waals surface area contributed by atoms with Gasteiger partial charge in [-0.15, -0.1) is 0 Å². The number of aromatic nitrogens is 5. The van der Waals surface area contributed by atoms with Gasteiger partial charge in [-0.2, -0.15) is 0 Å². The van der Waals surface area contributed by atoms with Gasteiger partial charge >= 0.3 is 0 Å². The standard InChI is InChI=1S/C19H22N6O/c1-24-10-7-22-18(24)14-25-8-4-15(5-9-25)17-12-21-13-19(23-17)26-16-3-2-6-20-11-16/h2-3,6-7,10-13,15H,4-5,8-9,14H2,1H3. The van der Waals surface area contributed by atoms with Crippen LogP contribution in [0.4, 0.5) is 0 Å². The Hall–Kier alpha value is -2.80. The molecule has 7 nitrogen and oxygen atoms in total. The highest BCUT2D eigenvalue weighted by Crippen LogP contribution is 2.28. The highest BCUT2D eigenvalue weighted by molar-refractivity contribution is 5.23. The molecule has 1 aliphatic rings. The highest BCUT2D eigenvalue weighted by atomic mass is 16.5. The Bertz CT molecular complexity index is 842. The second kappa shape index (κ2) is 7.61. The SMILES string of the molecule is Cn1ccnc1CN1CCC(c2cncc(Oc3cccnc3)n2)CC1. The first-order chi connectivity index (χ1) is 12.8. The van der Waals surface area contributed by atoms with Crippen LogP contribution >= 0.6 is 0 Å². The van der Waals surface area contributed by atoms with Gasteiger partial charge in [0, 0.05) is 37.8 Å². The van der Waals surface area contributed by atoms with Gasteiger partial charge in [-0.3, -0.25) is 14.9 Å². The van der Waals surface area contributed by atoms with Crippen molar-refractivity contribution in [2.24, 2.45) is 7.05 Å². The lowest BCUT2D eigenvalue weighted by atomic mass is 9.94. The molecule has 0 bridgehead atoms. The van der Waals surface area contributed by atoms with Gasteiger partial charge < -0.3 is 9.30 Å². The van der Waals surface area contributed by atoms with E-state index in [1.165, 1.54) is 0 Å². The number of ether oxygens (including phenoxy) is 1. The van der Waals surface area contributed by atoms with E-state index in [0.29, 0.717) is 17.5 Å². The Morgan fingerprint density at radius 3 is 2.73 bits per heavy atom. The predicted molar refractivity (Wildman–Crippen MR) is 96.8 cm³/mol. The Kier molecular flexibility index (Phi) is 4.88. The number of aryl methyl sites for hydroxylation is 1. The second-order valence-electron chi connectivity index (χ2n) is 6.58. The Morgan fingerprint density at radius 1 is 1.12 bits per heavy atom. The third-order valence-corrected chi connectivity index (χ3v) is 4.78. The lowest BCUT2D eigenvalue weighted by Gasteiger charge is -2.31. The molecule has 0 saturated carbocycles. The molecule has 0 N–H and O–H groups in total. The van der Waals surface area contributed by atoms with Crippen molar-refractivity contribution in [2.45, 2.75) is 25.3 Å². The second-order valence-corrected chi connectivity index (χ2v) is 6.58. The molecule has 3 aromatic heterocycles. The van der Waals surface area contributed by atoms with Crippen LogP contribution in [0.1, 0.15) is 30.3 Å². The summed E-state index contributed by atoms with van der Waals surface area (Å²) in [4.78, 5) is 19.9. The predicted octanol–water partition coefficient (Wildman–Crippen LogP) is 2.78. The molecular weight excluding hydrogens is 328 g/mol. The molecule has 0 aromatic carbocycles. The van der Waals surface area contributed by atoms with E-state index in [9.17, 15) is 0 Å². The van der Waals surface area contributed by atoms with Crippen LogP contribution in [0, 0.1) is 0 Å². The summed E-state index contributed by atoms with van der Waals surface area (Å²) >= 11 is 0. The number of nitrogens with zero attached hydrogens (tertiary/aromatic N) is 6. The molecule has 1 aliphatic heterocycles. The first kappa shape index (κ1) is 16.7. The van der Waals surface area contributed by atoms with E-state index in [0.717, 1.165) is 44.0 Å². The van der Waals surface area contributed by atoms with Crippen molar-refractivity contribution in [3.05, 3.63) is 60.8 Å². The Morgan fingerprint density at radius 2 is 2.00 bits per heavy atom. The molecule has 7 heteroatoms. The average Bonchev–Trinajstić information content (AvgIpc) is 3.08. The molecule has 0 atom stereocenters. The molecule has 0 aliphatic carbocycles. The van der Waals surface area contributed by atoms with Crippen molar-refractivity contribution in [3.8, 4) is 11.6 Å². The van der Waals surface area contributed by atoms with E-state index in [1.54, 1.807) is 18.6 Å². The van der Waals surface area contributed by atoms with E-state index in [4.69, 9.17) is 4.74 Å². The van der Waals surface area contributed by atoms with E-state index in [-0.39, 0.29) is 0 Å². The van der Waals surface area contributed by atoms with Crippen LogP contribution in [0.3, 0.4) is 0 Å². The molecule has 0 unspecified atom stereocenters. The monoisotopic (exact) mass is 350 g/mol. The minimum atomic E-state index is 0.414. The maximum absolute atomic E-state index is 5.76. The normalized spacial score (nSPS) is 15.9. The third kappa shape index (κ3) is 3.88. The van der Waals surface area contributed by atoms with E-state index >= 15 is 0 Å². The quantitative estimate of drug-likeness (QED) is 0.705. The molecule has 26 heavy (non-hydrogen) atoms. The van der Waals surface area contributed by atoms with Crippen molar-refractivity contribution < 1.29 is 4.74 Å². The van der Waals surface area contributed by atoms with Crippen LogP contribution in [0.5, 0.6) is 11.6 Å². The summed E-state index contributed by atoms with van der Waals surface area (Å²) in [5, 5.41) is 0. The molecule has 134 valence electrons. The fourth-order valence-electron chi connectivity index (χ4n) is 3.27. The van der Waals surface area contributed by atoms with Crippen molar-refractivity contribution in [3.63, 3.8) is 0 Å². The topological polar surface area (TPSA) is 69.0 Å². The molecule has 3 aromatic rings. The lowest BCUT2D eigenvalue weighted by molar-refractivity contribution is 0.197. The van der Waals surface area contributed by atoms with Crippen molar-refractivity contribution >= 4 is 0 Å². The minimum absolute atomic E-state index is 0.414. The maximum Gasteiger partial charge on any atom is 0.238 e. The molecule has 0 spiro atoms. The Labute approximate surface area is 152 Å². The van der Waals surface area contributed by atoms with E-state index < -0.39 is 0 Å². The van der Waals surface area contributed by atoms with Crippen LogP contribution in [0.25, 0.3) is 0 Å². The van der Waals surface area contributed by atoms with Crippen LogP contribution in [-0.2, 0) is 13.6 Å². The summed E-state index contributed by atoms with van der Waals surface area (Å²) in [6.07, 6.45) is 12.9. The minimum Gasteiger partial charge on any atom is -0.436 e. The number of likely N-dealkylation sites (tertiary alicyclic amines) is 1. The van der Waals surface area contributed by atoms with Gasteiger partial charge in [0.05, 0.1) is 24.6 Å². The summed E-state index contributed by atoms with van der Waals surface area (Å²) in [7, 11) is 2.04. The zero-order valence-electron chi connectivity index (χ0n) is 14.8. The van der Waals surface area contributed by atoms with Gasteiger partial charge in [0.1, 0.15) is 11.6 Å². The van der Waals surface area contributed by atoms with Gasteiger partial charge in [-0.25, -0.2) is 9.97 Å². The largest absolute Gasteiger partial charge is 0.436 e. The number of imidazole rings is 1. The molecule has 4 heterocycles. The van der Waals surface area contributed by atoms with Crippen LogP contribution in [0.2, 0.25) is 0 Å². The number of pyridine rings is 1. The zero-order chi connectivity index (χ0) is 17.8. The van der Waals surface area contributed by atoms with Crippen LogP contribution < -0.4 is 4.74 Å². The number of hydrogen-bond donors (Lipinski definition) is 0.